The van der Waals surface area contributed by atoms with E-state index >= 15 is 0 Å². The van der Waals surface area contributed by atoms with Gasteiger partial charge in [0.05, 0.1) is 6.61 Å². The van der Waals surface area contributed by atoms with Crippen LogP contribution < -0.4 is 20.7 Å². The highest BCUT2D eigenvalue weighted by atomic mass is 16.5. The Hall–Kier alpha value is -2.24. The van der Waals surface area contributed by atoms with Crippen molar-refractivity contribution < 1.29 is 14.3 Å². The van der Waals surface area contributed by atoms with Crippen LogP contribution in [0.3, 0.4) is 0 Å². The third-order valence-corrected chi connectivity index (χ3v) is 2.80. The van der Waals surface area contributed by atoms with E-state index in [1.807, 2.05) is 33.8 Å². The Labute approximate surface area is 138 Å². The zero-order chi connectivity index (χ0) is 17.5. The van der Waals surface area contributed by atoms with Gasteiger partial charge in [0.2, 0.25) is 5.91 Å². The highest BCUT2D eigenvalue weighted by molar-refractivity contribution is 5.93. The minimum atomic E-state index is -0.631. The summed E-state index contributed by atoms with van der Waals surface area (Å²) in [6.07, 6.45) is 0.915. The van der Waals surface area contributed by atoms with Gasteiger partial charge in [0.25, 0.3) is 0 Å². The van der Waals surface area contributed by atoms with E-state index in [1.54, 1.807) is 25.1 Å². The molecule has 0 radical (unpaired) electrons. The van der Waals surface area contributed by atoms with Gasteiger partial charge in [-0.2, -0.15) is 0 Å². The second-order valence-corrected chi connectivity index (χ2v) is 6.44. The molecule has 6 heteroatoms. The van der Waals surface area contributed by atoms with Gasteiger partial charge in [-0.1, -0.05) is 13.0 Å². The zero-order valence-corrected chi connectivity index (χ0v) is 14.5. The lowest BCUT2D eigenvalue weighted by molar-refractivity contribution is -0.123. The van der Waals surface area contributed by atoms with Crippen molar-refractivity contribution in [3.63, 3.8) is 0 Å². The van der Waals surface area contributed by atoms with Crippen LogP contribution in [0.2, 0.25) is 0 Å². The van der Waals surface area contributed by atoms with Crippen molar-refractivity contribution in [2.75, 3.05) is 11.9 Å². The van der Waals surface area contributed by atoms with E-state index < -0.39 is 12.1 Å². The predicted molar refractivity (Wildman–Crippen MR) is 91.7 cm³/mol. The molecule has 0 fully saturated rings. The van der Waals surface area contributed by atoms with Crippen molar-refractivity contribution in [1.82, 2.24) is 10.6 Å². The molecule has 3 amide bonds. The maximum atomic E-state index is 12.0. The highest BCUT2D eigenvalue weighted by Gasteiger charge is 2.20. The van der Waals surface area contributed by atoms with E-state index in [2.05, 4.69) is 16.0 Å². The van der Waals surface area contributed by atoms with Crippen LogP contribution in [0, 0.1) is 0 Å². The van der Waals surface area contributed by atoms with Crippen LogP contribution >= 0.6 is 0 Å². The second-order valence-electron chi connectivity index (χ2n) is 6.44. The molecule has 0 spiro atoms. The molecule has 1 aromatic rings. The number of urea groups is 1. The molecular formula is C17H27N3O3. The van der Waals surface area contributed by atoms with Crippen LogP contribution in [0.4, 0.5) is 10.5 Å². The van der Waals surface area contributed by atoms with Crippen LogP contribution in [-0.2, 0) is 4.79 Å². The summed E-state index contributed by atoms with van der Waals surface area (Å²) in [6, 6.07) is 6.07. The minimum Gasteiger partial charge on any atom is -0.494 e. The maximum Gasteiger partial charge on any atom is 0.319 e. The maximum absolute atomic E-state index is 12.0. The standard InChI is InChI=1S/C17H27N3O3/c1-6-10-23-14-9-7-8-13(11-14)19-16(22)18-12(2)15(21)20-17(3,4)5/h7-9,11-12H,6,10H2,1-5H3,(H,20,21)(H2,18,19,22)/t12-/m1/s1. The Morgan fingerprint density at radius 3 is 2.57 bits per heavy atom. The molecule has 0 heterocycles. The molecule has 1 aromatic carbocycles. The van der Waals surface area contributed by atoms with Crippen molar-refractivity contribution in [3.05, 3.63) is 24.3 Å². The lowest BCUT2D eigenvalue weighted by Crippen LogP contribution is -2.51. The molecule has 0 aromatic heterocycles. The first-order valence-corrected chi connectivity index (χ1v) is 7.83. The molecule has 0 aliphatic heterocycles. The number of hydrogen-bond acceptors (Lipinski definition) is 3. The number of ether oxygens (including phenoxy) is 1. The largest absolute Gasteiger partial charge is 0.494 e. The van der Waals surface area contributed by atoms with Crippen LogP contribution in [-0.4, -0.2) is 30.1 Å². The van der Waals surface area contributed by atoms with Crippen LogP contribution in [0.1, 0.15) is 41.0 Å². The summed E-state index contributed by atoms with van der Waals surface area (Å²) in [5, 5.41) is 8.13. The molecule has 23 heavy (non-hydrogen) atoms. The molecule has 0 aliphatic rings. The summed E-state index contributed by atoms with van der Waals surface area (Å²) in [6.45, 7) is 9.96. The molecule has 6 nitrogen and oxygen atoms in total. The molecule has 0 saturated carbocycles. The summed E-state index contributed by atoms with van der Waals surface area (Å²) in [5.74, 6) is 0.468. The Bertz CT molecular complexity index is 538. The molecule has 0 bridgehead atoms. The van der Waals surface area contributed by atoms with E-state index in [1.165, 1.54) is 0 Å². The summed E-state index contributed by atoms with van der Waals surface area (Å²) in [4.78, 5) is 23.9. The van der Waals surface area contributed by atoms with Gasteiger partial charge in [-0.25, -0.2) is 4.79 Å². The van der Waals surface area contributed by atoms with E-state index in [-0.39, 0.29) is 11.4 Å². The van der Waals surface area contributed by atoms with Gasteiger partial charge >= 0.3 is 6.03 Å². The molecule has 3 N–H and O–H groups in total. The van der Waals surface area contributed by atoms with Crippen LogP contribution in [0.25, 0.3) is 0 Å². The Morgan fingerprint density at radius 1 is 1.26 bits per heavy atom. The number of rotatable bonds is 6. The zero-order valence-electron chi connectivity index (χ0n) is 14.5. The summed E-state index contributed by atoms with van der Waals surface area (Å²) in [5.41, 5.74) is 0.272. The van der Waals surface area contributed by atoms with Gasteiger partial charge in [-0.3, -0.25) is 4.79 Å². The number of nitrogens with one attached hydrogen (secondary N) is 3. The van der Waals surface area contributed by atoms with Gasteiger partial charge in [0.15, 0.2) is 0 Å². The summed E-state index contributed by atoms with van der Waals surface area (Å²) < 4.78 is 5.52. The summed E-state index contributed by atoms with van der Waals surface area (Å²) in [7, 11) is 0. The fourth-order valence-corrected chi connectivity index (χ4v) is 1.79. The van der Waals surface area contributed by atoms with E-state index in [9.17, 15) is 9.59 Å². The summed E-state index contributed by atoms with van der Waals surface area (Å²) >= 11 is 0. The molecule has 0 saturated heterocycles. The highest BCUT2D eigenvalue weighted by Crippen LogP contribution is 2.17. The van der Waals surface area contributed by atoms with Crippen molar-refractivity contribution in [2.24, 2.45) is 0 Å². The van der Waals surface area contributed by atoms with Crippen LogP contribution in [0.15, 0.2) is 24.3 Å². The van der Waals surface area contributed by atoms with Crippen molar-refractivity contribution in [2.45, 2.75) is 52.6 Å². The smallest absolute Gasteiger partial charge is 0.319 e. The van der Waals surface area contributed by atoms with Gasteiger partial charge in [-0.05, 0) is 46.2 Å². The fraction of sp³-hybridized carbons (Fsp3) is 0.529. The Balaban J connectivity index is 2.54. The first kappa shape index (κ1) is 18.8. The molecule has 1 rings (SSSR count). The molecule has 1 atom stereocenters. The normalized spacial score (nSPS) is 12.2. The first-order chi connectivity index (χ1) is 10.7. The van der Waals surface area contributed by atoms with Gasteiger partial charge < -0.3 is 20.7 Å². The van der Waals surface area contributed by atoms with Crippen molar-refractivity contribution in [1.29, 1.82) is 0 Å². The number of hydrogen-bond donors (Lipinski definition) is 3. The topological polar surface area (TPSA) is 79.5 Å². The Morgan fingerprint density at radius 2 is 1.96 bits per heavy atom. The predicted octanol–water partition coefficient (Wildman–Crippen LogP) is 2.90. The molecule has 128 valence electrons. The molecular weight excluding hydrogens is 294 g/mol. The van der Waals surface area contributed by atoms with E-state index in [0.29, 0.717) is 18.0 Å². The van der Waals surface area contributed by atoms with Crippen molar-refractivity contribution >= 4 is 17.6 Å². The number of carbonyl (C=O) groups is 2. The Kier molecular flexibility index (Phi) is 6.88. The molecule has 0 aliphatic carbocycles. The average molecular weight is 321 g/mol. The average Bonchev–Trinajstić information content (AvgIpc) is 2.43. The van der Waals surface area contributed by atoms with Gasteiger partial charge in [-0.15, -0.1) is 0 Å². The van der Waals surface area contributed by atoms with Gasteiger partial charge in [0, 0.05) is 17.3 Å². The van der Waals surface area contributed by atoms with E-state index in [0.717, 1.165) is 6.42 Å². The quantitative estimate of drug-likeness (QED) is 0.754. The monoisotopic (exact) mass is 321 g/mol. The number of amides is 3. The third kappa shape index (κ3) is 7.54. The number of carbonyl (C=O) groups excluding carboxylic acids is 2. The minimum absolute atomic E-state index is 0.229. The SMILES string of the molecule is CCCOc1cccc(NC(=O)N[C@H](C)C(=O)NC(C)(C)C)c1. The second kappa shape index (κ2) is 8.41. The lowest BCUT2D eigenvalue weighted by atomic mass is 10.1. The van der Waals surface area contributed by atoms with E-state index in [4.69, 9.17) is 4.74 Å². The molecule has 0 unspecified atom stereocenters. The van der Waals surface area contributed by atoms with Crippen LogP contribution in [0.5, 0.6) is 5.75 Å². The third-order valence-electron chi connectivity index (χ3n) is 2.80. The van der Waals surface area contributed by atoms with Crippen molar-refractivity contribution in [3.8, 4) is 5.75 Å². The lowest BCUT2D eigenvalue weighted by Gasteiger charge is -2.23. The number of benzene rings is 1. The fourth-order valence-electron chi connectivity index (χ4n) is 1.79. The van der Waals surface area contributed by atoms with Gasteiger partial charge in [0.1, 0.15) is 11.8 Å². The number of anilines is 1. The first-order valence-electron chi connectivity index (χ1n) is 7.83.